The fourth-order valence-corrected chi connectivity index (χ4v) is 4.22. The molecule has 1 N–H and O–H groups in total. The topological polar surface area (TPSA) is 68.3 Å². The van der Waals surface area contributed by atoms with Crippen LogP contribution in [0.4, 0.5) is 5.82 Å². The molecule has 0 bridgehead atoms. The first-order chi connectivity index (χ1) is 12.0. The third-order valence-corrected chi connectivity index (χ3v) is 5.56. The summed E-state index contributed by atoms with van der Waals surface area (Å²) in [6.45, 7) is -0.401. The van der Waals surface area contributed by atoms with E-state index < -0.39 is 18.5 Å². The van der Waals surface area contributed by atoms with Gasteiger partial charge in [0.15, 0.2) is 12.4 Å². The summed E-state index contributed by atoms with van der Waals surface area (Å²) in [7, 11) is 0. The van der Waals surface area contributed by atoms with E-state index in [4.69, 9.17) is 27.9 Å². The van der Waals surface area contributed by atoms with Crippen LogP contribution < -0.4 is 5.32 Å². The molecule has 0 saturated carbocycles. The number of nitrogens with zero attached hydrogens (tertiary/aromatic N) is 1. The molecule has 0 fully saturated rings. The summed E-state index contributed by atoms with van der Waals surface area (Å²) in [6, 6.07) is 3.36. The number of amides is 1. The SMILES string of the molecule is O=C(COC(=O)c1cc2c(s1)CCCCC2)Nc1ncc(Cl)cc1Cl. The molecule has 2 aromatic heterocycles. The van der Waals surface area contributed by atoms with Crippen LogP contribution in [-0.2, 0) is 22.4 Å². The van der Waals surface area contributed by atoms with Gasteiger partial charge in [-0.25, -0.2) is 9.78 Å². The molecular formula is C17H16Cl2N2O3S. The zero-order chi connectivity index (χ0) is 17.8. The number of halogens is 2. The summed E-state index contributed by atoms with van der Waals surface area (Å²) >= 11 is 13.1. The van der Waals surface area contributed by atoms with Crippen molar-refractivity contribution in [2.75, 3.05) is 11.9 Å². The Morgan fingerprint density at radius 1 is 1.20 bits per heavy atom. The van der Waals surface area contributed by atoms with Crippen molar-refractivity contribution in [3.63, 3.8) is 0 Å². The number of carbonyl (C=O) groups excluding carboxylic acids is 2. The smallest absolute Gasteiger partial charge is 0.348 e. The van der Waals surface area contributed by atoms with Crippen molar-refractivity contribution in [1.29, 1.82) is 0 Å². The van der Waals surface area contributed by atoms with Crippen molar-refractivity contribution in [1.82, 2.24) is 4.98 Å². The number of anilines is 1. The van der Waals surface area contributed by atoms with E-state index in [1.807, 2.05) is 6.07 Å². The van der Waals surface area contributed by atoms with E-state index in [1.165, 1.54) is 40.5 Å². The standard InChI is InChI=1S/C17H16Cl2N2O3S/c18-11-7-12(19)16(20-8-11)21-15(22)9-24-17(23)14-6-10-4-2-1-3-5-13(10)25-14/h6-8H,1-5,9H2,(H,20,21,22). The van der Waals surface area contributed by atoms with Crippen LogP contribution in [-0.4, -0.2) is 23.5 Å². The Bertz CT molecular complexity index is 784. The largest absolute Gasteiger partial charge is 0.451 e. The van der Waals surface area contributed by atoms with E-state index >= 15 is 0 Å². The second-order valence-corrected chi connectivity index (χ2v) is 7.71. The van der Waals surface area contributed by atoms with E-state index in [0.29, 0.717) is 9.90 Å². The first-order valence-corrected chi connectivity index (χ1v) is 9.50. The lowest BCUT2D eigenvalue weighted by molar-refractivity contribution is -0.119. The molecule has 3 rings (SSSR count). The van der Waals surface area contributed by atoms with Gasteiger partial charge in [0.2, 0.25) is 0 Å². The Labute approximate surface area is 159 Å². The monoisotopic (exact) mass is 398 g/mol. The molecule has 0 atom stereocenters. The minimum atomic E-state index is -0.511. The van der Waals surface area contributed by atoms with Gasteiger partial charge in [0.05, 0.1) is 10.0 Å². The van der Waals surface area contributed by atoms with Crippen molar-refractivity contribution >= 4 is 52.2 Å². The van der Waals surface area contributed by atoms with Gasteiger partial charge in [0.25, 0.3) is 5.91 Å². The number of rotatable bonds is 4. The molecule has 1 aliphatic rings. The Kier molecular flexibility index (Phi) is 5.93. The van der Waals surface area contributed by atoms with Crippen molar-refractivity contribution in [2.24, 2.45) is 0 Å². The van der Waals surface area contributed by atoms with Crippen molar-refractivity contribution in [3.05, 3.63) is 43.7 Å². The molecular weight excluding hydrogens is 383 g/mol. The molecule has 2 heterocycles. The summed E-state index contributed by atoms with van der Waals surface area (Å²) in [5.41, 5.74) is 1.23. The van der Waals surface area contributed by atoms with E-state index in [2.05, 4.69) is 10.3 Å². The second kappa shape index (κ2) is 8.17. The molecule has 1 aliphatic carbocycles. The predicted molar refractivity (Wildman–Crippen MR) is 98.7 cm³/mol. The number of carbonyl (C=O) groups is 2. The summed E-state index contributed by atoms with van der Waals surface area (Å²) in [6.07, 6.45) is 6.90. The highest BCUT2D eigenvalue weighted by atomic mass is 35.5. The Hall–Kier alpha value is -1.63. The molecule has 25 heavy (non-hydrogen) atoms. The van der Waals surface area contributed by atoms with Gasteiger partial charge in [-0.1, -0.05) is 29.6 Å². The quantitative estimate of drug-likeness (QED) is 0.607. The zero-order valence-electron chi connectivity index (χ0n) is 13.3. The average Bonchev–Trinajstić information content (AvgIpc) is 2.86. The number of pyridine rings is 1. The molecule has 0 unspecified atom stereocenters. The second-order valence-electron chi connectivity index (χ2n) is 5.73. The molecule has 0 aromatic carbocycles. The van der Waals surface area contributed by atoms with Gasteiger partial charge < -0.3 is 10.1 Å². The summed E-state index contributed by atoms with van der Waals surface area (Å²) in [5.74, 6) is -0.818. The third kappa shape index (κ3) is 4.71. The average molecular weight is 399 g/mol. The maximum atomic E-state index is 12.2. The van der Waals surface area contributed by atoms with Crippen LogP contribution in [0.3, 0.4) is 0 Å². The van der Waals surface area contributed by atoms with Crippen molar-refractivity contribution < 1.29 is 14.3 Å². The van der Waals surface area contributed by atoms with Gasteiger partial charge in [0, 0.05) is 11.1 Å². The molecule has 5 nitrogen and oxygen atoms in total. The van der Waals surface area contributed by atoms with E-state index in [0.717, 1.165) is 25.7 Å². The maximum absolute atomic E-state index is 12.2. The number of ether oxygens (including phenoxy) is 1. The number of fused-ring (bicyclic) bond motifs is 1. The molecule has 8 heteroatoms. The van der Waals surface area contributed by atoms with Crippen LogP contribution in [0.2, 0.25) is 10.0 Å². The first-order valence-electron chi connectivity index (χ1n) is 7.92. The van der Waals surface area contributed by atoms with Crippen LogP contribution in [0.5, 0.6) is 0 Å². The minimum absolute atomic E-state index is 0.176. The summed E-state index contributed by atoms with van der Waals surface area (Å²) in [5, 5.41) is 3.07. The van der Waals surface area contributed by atoms with E-state index in [9.17, 15) is 9.59 Å². The maximum Gasteiger partial charge on any atom is 0.348 e. The van der Waals surface area contributed by atoms with Crippen molar-refractivity contribution in [3.8, 4) is 0 Å². The number of esters is 1. The Balaban J connectivity index is 1.56. The highest BCUT2D eigenvalue weighted by Crippen LogP contribution is 2.29. The number of hydrogen-bond donors (Lipinski definition) is 1. The zero-order valence-corrected chi connectivity index (χ0v) is 15.6. The highest BCUT2D eigenvalue weighted by molar-refractivity contribution is 7.14. The molecule has 0 aliphatic heterocycles. The van der Waals surface area contributed by atoms with Crippen LogP contribution in [0, 0.1) is 0 Å². The highest BCUT2D eigenvalue weighted by Gasteiger charge is 2.18. The lowest BCUT2D eigenvalue weighted by Crippen LogP contribution is -2.21. The van der Waals surface area contributed by atoms with Gasteiger partial charge in [-0.3, -0.25) is 4.79 Å². The molecule has 132 valence electrons. The van der Waals surface area contributed by atoms with E-state index in [-0.39, 0.29) is 10.8 Å². The molecule has 0 radical (unpaired) electrons. The Morgan fingerprint density at radius 2 is 2.00 bits per heavy atom. The normalized spacial score (nSPS) is 13.7. The van der Waals surface area contributed by atoms with Gasteiger partial charge in [-0.2, -0.15) is 0 Å². The van der Waals surface area contributed by atoms with Crippen LogP contribution in [0.15, 0.2) is 18.3 Å². The number of nitrogens with one attached hydrogen (secondary N) is 1. The van der Waals surface area contributed by atoms with Gasteiger partial charge in [0.1, 0.15) is 4.88 Å². The van der Waals surface area contributed by atoms with Crippen molar-refractivity contribution in [2.45, 2.75) is 32.1 Å². The van der Waals surface area contributed by atoms with Gasteiger partial charge in [-0.15, -0.1) is 11.3 Å². The van der Waals surface area contributed by atoms with Crippen LogP contribution in [0.1, 0.15) is 39.4 Å². The Morgan fingerprint density at radius 3 is 2.80 bits per heavy atom. The molecule has 0 saturated heterocycles. The van der Waals surface area contributed by atoms with Gasteiger partial charge in [-0.05, 0) is 43.4 Å². The van der Waals surface area contributed by atoms with E-state index in [1.54, 1.807) is 0 Å². The molecule has 0 spiro atoms. The minimum Gasteiger partial charge on any atom is -0.451 e. The summed E-state index contributed by atoms with van der Waals surface area (Å²) < 4.78 is 5.10. The molecule has 2 aromatic rings. The fraction of sp³-hybridized carbons (Fsp3) is 0.353. The number of aryl methyl sites for hydroxylation is 2. The van der Waals surface area contributed by atoms with Crippen LogP contribution >= 0.6 is 34.5 Å². The number of aromatic nitrogens is 1. The van der Waals surface area contributed by atoms with Crippen LogP contribution in [0.25, 0.3) is 0 Å². The first kappa shape index (κ1) is 18.2. The summed E-state index contributed by atoms with van der Waals surface area (Å²) in [4.78, 5) is 29.8. The molecule has 1 amide bonds. The predicted octanol–water partition coefficient (Wildman–Crippen LogP) is 4.51. The number of hydrogen-bond acceptors (Lipinski definition) is 5. The van der Waals surface area contributed by atoms with Gasteiger partial charge >= 0.3 is 5.97 Å². The number of thiophene rings is 1. The lowest BCUT2D eigenvalue weighted by Gasteiger charge is -2.07. The fourth-order valence-electron chi connectivity index (χ4n) is 2.64. The lowest BCUT2D eigenvalue weighted by atomic mass is 10.1. The third-order valence-electron chi connectivity index (χ3n) is 3.85.